The smallest absolute Gasteiger partial charge is 0.255 e. The predicted molar refractivity (Wildman–Crippen MR) is 84.0 cm³/mol. The molecule has 5 nitrogen and oxygen atoms in total. The van der Waals surface area contributed by atoms with Gasteiger partial charge in [-0.05, 0) is 19.9 Å². The highest BCUT2D eigenvalue weighted by Gasteiger charge is 2.25. The lowest BCUT2D eigenvalue weighted by Crippen LogP contribution is -2.48. The molecule has 118 valence electrons. The highest BCUT2D eigenvalue weighted by Crippen LogP contribution is 2.23. The number of piperazine rings is 1. The number of carbonyl (C=O) groups excluding carboxylic acids is 1. The molecule has 0 atom stereocenters. The fourth-order valence-corrected chi connectivity index (χ4v) is 2.79. The first kappa shape index (κ1) is 16.0. The number of amides is 1. The minimum atomic E-state index is 0.179. The van der Waals surface area contributed by atoms with Gasteiger partial charge in [-0.3, -0.25) is 4.79 Å². The maximum absolute atomic E-state index is 12.8. The quantitative estimate of drug-likeness (QED) is 0.756. The Kier molecular flexibility index (Phi) is 5.82. The molecule has 1 fully saturated rings. The molecule has 0 aromatic heterocycles. The van der Waals surface area contributed by atoms with E-state index in [-0.39, 0.29) is 5.91 Å². The van der Waals surface area contributed by atoms with Crippen LogP contribution in [0, 0.1) is 0 Å². The van der Waals surface area contributed by atoms with Gasteiger partial charge in [-0.1, -0.05) is 12.2 Å². The molecule has 1 aliphatic carbocycles. The Balaban J connectivity index is 2.10. The molecule has 1 saturated heterocycles. The Morgan fingerprint density at radius 1 is 1.33 bits per heavy atom. The van der Waals surface area contributed by atoms with E-state index in [0.717, 1.165) is 56.8 Å². The lowest BCUT2D eigenvalue weighted by Gasteiger charge is -2.34. The van der Waals surface area contributed by atoms with Crippen molar-refractivity contribution in [3.63, 3.8) is 0 Å². The first-order valence-electron chi connectivity index (χ1n) is 7.71. The zero-order valence-corrected chi connectivity index (χ0v) is 13.5. The van der Waals surface area contributed by atoms with E-state index in [4.69, 9.17) is 4.74 Å². The van der Waals surface area contributed by atoms with Crippen molar-refractivity contribution >= 4 is 5.91 Å². The lowest BCUT2D eigenvalue weighted by atomic mass is 10.0. The molecular formula is C16H27N3O2. The van der Waals surface area contributed by atoms with Crippen LogP contribution in [0.3, 0.4) is 0 Å². The van der Waals surface area contributed by atoms with Gasteiger partial charge in [-0.25, -0.2) is 0 Å². The maximum atomic E-state index is 12.8. The topological polar surface area (TPSA) is 36.0 Å². The fraction of sp³-hybridized carbons (Fsp3) is 0.688. The third-order valence-electron chi connectivity index (χ3n) is 4.26. The molecule has 0 saturated carbocycles. The van der Waals surface area contributed by atoms with Crippen LogP contribution in [0.4, 0.5) is 0 Å². The number of nitrogens with zero attached hydrogens (tertiary/aromatic N) is 3. The fourth-order valence-electron chi connectivity index (χ4n) is 2.79. The van der Waals surface area contributed by atoms with Gasteiger partial charge in [0.05, 0.1) is 12.2 Å². The maximum Gasteiger partial charge on any atom is 0.255 e. The number of ether oxygens (including phenoxy) is 1. The zero-order valence-electron chi connectivity index (χ0n) is 13.5. The van der Waals surface area contributed by atoms with E-state index in [0.29, 0.717) is 6.61 Å². The van der Waals surface area contributed by atoms with Gasteiger partial charge in [0.1, 0.15) is 0 Å². The standard InChI is InChI=1S/C16H27N3O2/c1-17-8-10-19(11-9-17)16(20)14-6-4-5-7-15(14)18(2)12-13-21-3/h4,6H,5,7-13H2,1-3H3. The van der Waals surface area contributed by atoms with E-state index in [2.05, 4.69) is 22.9 Å². The summed E-state index contributed by atoms with van der Waals surface area (Å²) in [6.07, 6.45) is 6.05. The van der Waals surface area contributed by atoms with Gasteiger partial charge in [0.2, 0.25) is 0 Å². The minimum Gasteiger partial charge on any atom is -0.383 e. The molecule has 0 N–H and O–H groups in total. The second kappa shape index (κ2) is 7.61. The summed E-state index contributed by atoms with van der Waals surface area (Å²) >= 11 is 0. The first-order valence-corrected chi connectivity index (χ1v) is 7.71. The first-order chi connectivity index (χ1) is 10.1. The van der Waals surface area contributed by atoms with Gasteiger partial charge in [0.25, 0.3) is 5.91 Å². The third-order valence-corrected chi connectivity index (χ3v) is 4.26. The van der Waals surface area contributed by atoms with Crippen LogP contribution in [0.1, 0.15) is 12.8 Å². The summed E-state index contributed by atoms with van der Waals surface area (Å²) in [5.41, 5.74) is 2.02. The van der Waals surface area contributed by atoms with Crippen molar-refractivity contribution in [2.45, 2.75) is 12.8 Å². The second-order valence-electron chi connectivity index (χ2n) is 5.81. The van der Waals surface area contributed by atoms with Crippen LogP contribution in [0.15, 0.2) is 23.4 Å². The van der Waals surface area contributed by atoms with E-state index < -0.39 is 0 Å². The number of hydrogen-bond donors (Lipinski definition) is 0. The largest absolute Gasteiger partial charge is 0.383 e. The number of likely N-dealkylation sites (N-methyl/N-ethyl adjacent to an activating group) is 2. The van der Waals surface area contributed by atoms with Crippen LogP contribution in [0.25, 0.3) is 0 Å². The van der Waals surface area contributed by atoms with Gasteiger partial charge < -0.3 is 19.4 Å². The molecule has 0 aromatic carbocycles. The summed E-state index contributed by atoms with van der Waals surface area (Å²) in [5, 5.41) is 0. The van der Waals surface area contributed by atoms with Crippen molar-refractivity contribution in [3.8, 4) is 0 Å². The second-order valence-corrected chi connectivity index (χ2v) is 5.81. The van der Waals surface area contributed by atoms with Crippen molar-refractivity contribution in [2.24, 2.45) is 0 Å². The van der Waals surface area contributed by atoms with E-state index in [9.17, 15) is 4.79 Å². The van der Waals surface area contributed by atoms with E-state index >= 15 is 0 Å². The van der Waals surface area contributed by atoms with E-state index in [1.54, 1.807) is 7.11 Å². The molecule has 5 heteroatoms. The van der Waals surface area contributed by atoms with E-state index in [1.165, 1.54) is 0 Å². The third kappa shape index (κ3) is 4.08. The normalized spacial score (nSPS) is 20.0. The molecule has 2 aliphatic rings. The molecule has 0 spiro atoms. The van der Waals surface area contributed by atoms with Crippen molar-refractivity contribution in [1.29, 1.82) is 0 Å². The highest BCUT2D eigenvalue weighted by atomic mass is 16.5. The molecule has 0 bridgehead atoms. The molecule has 21 heavy (non-hydrogen) atoms. The number of hydrogen-bond acceptors (Lipinski definition) is 4. The van der Waals surface area contributed by atoms with Crippen LogP contribution in [-0.2, 0) is 9.53 Å². The number of methoxy groups -OCH3 is 1. The van der Waals surface area contributed by atoms with E-state index in [1.807, 2.05) is 18.0 Å². The average molecular weight is 293 g/mol. The van der Waals surface area contributed by atoms with Gasteiger partial charge in [-0.15, -0.1) is 0 Å². The summed E-state index contributed by atoms with van der Waals surface area (Å²) < 4.78 is 5.14. The highest BCUT2D eigenvalue weighted by molar-refractivity contribution is 5.97. The minimum absolute atomic E-state index is 0.179. The molecule has 1 amide bonds. The Hall–Kier alpha value is -1.33. The Morgan fingerprint density at radius 2 is 2.05 bits per heavy atom. The molecular weight excluding hydrogens is 266 g/mol. The van der Waals surface area contributed by atoms with Gasteiger partial charge >= 0.3 is 0 Å². The van der Waals surface area contributed by atoms with Crippen LogP contribution < -0.4 is 0 Å². The van der Waals surface area contributed by atoms with Gasteiger partial charge in [-0.2, -0.15) is 0 Å². The van der Waals surface area contributed by atoms with Crippen LogP contribution in [0.2, 0.25) is 0 Å². The van der Waals surface area contributed by atoms with Gasteiger partial charge in [0.15, 0.2) is 0 Å². The average Bonchev–Trinajstić information content (AvgIpc) is 2.52. The summed E-state index contributed by atoms with van der Waals surface area (Å²) in [5.74, 6) is 0.179. The monoisotopic (exact) mass is 293 g/mol. The molecule has 0 radical (unpaired) electrons. The van der Waals surface area contributed by atoms with Crippen molar-refractivity contribution in [1.82, 2.24) is 14.7 Å². The summed E-state index contributed by atoms with van der Waals surface area (Å²) in [6, 6.07) is 0. The lowest BCUT2D eigenvalue weighted by molar-refractivity contribution is -0.128. The number of allylic oxidation sites excluding steroid dienone is 2. The Bertz CT molecular complexity index is 423. The molecule has 0 aromatic rings. The molecule has 1 aliphatic heterocycles. The van der Waals surface area contributed by atoms with Crippen LogP contribution in [0.5, 0.6) is 0 Å². The summed E-state index contributed by atoms with van der Waals surface area (Å²) in [4.78, 5) is 19.2. The van der Waals surface area contributed by atoms with Crippen molar-refractivity contribution in [2.75, 3.05) is 60.5 Å². The molecule has 0 unspecified atom stereocenters. The number of carbonyl (C=O) groups is 1. The zero-order chi connectivity index (χ0) is 15.2. The van der Waals surface area contributed by atoms with Gasteiger partial charge in [0, 0.05) is 52.6 Å². The van der Waals surface area contributed by atoms with Crippen molar-refractivity contribution < 1.29 is 9.53 Å². The molecule has 2 rings (SSSR count). The summed E-state index contributed by atoms with van der Waals surface area (Å²) in [6.45, 7) is 5.05. The summed E-state index contributed by atoms with van der Waals surface area (Å²) in [7, 11) is 5.86. The Labute approximate surface area is 127 Å². The number of rotatable bonds is 5. The molecule has 1 heterocycles. The SMILES string of the molecule is COCCN(C)C1=C(C(=O)N2CCN(C)CC2)C=CCC1. The Morgan fingerprint density at radius 3 is 2.71 bits per heavy atom. The van der Waals surface area contributed by atoms with Crippen LogP contribution >= 0.6 is 0 Å². The predicted octanol–water partition coefficient (Wildman–Crippen LogP) is 0.943. The van der Waals surface area contributed by atoms with Crippen molar-refractivity contribution in [3.05, 3.63) is 23.4 Å². The van der Waals surface area contributed by atoms with Crippen LogP contribution in [-0.4, -0.2) is 81.1 Å².